The van der Waals surface area contributed by atoms with Crippen molar-refractivity contribution in [1.29, 1.82) is 0 Å². The molecule has 3 unspecified atom stereocenters. The summed E-state index contributed by atoms with van der Waals surface area (Å²) < 4.78 is 39.7. The van der Waals surface area contributed by atoms with E-state index in [0.717, 1.165) is 57.8 Å². The molecule has 4 atom stereocenters. The standard InChI is InChI=1S/C42H80NO9P/c1-6-8-10-12-14-15-16-17-18-19-20-24-29-33-42(45)51-38(37-50-53(46,47)49-35-34-43(3,4)5)36-48-41(44)32-28-25-21-23-27-31-40-39(52-40)30-26-22-13-11-9-7-2/h22,26,38-40H,6-21,23-25,27-37H2,1-5H3/b26-22-/t38-,39?,40?/m1/s1. The van der Waals surface area contributed by atoms with Crippen molar-refractivity contribution < 1.29 is 46.8 Å². The van der Waals surface area contributed by atoms with Gasteiger partial charge in [-0.1, -0.05) is 142 Å². The Hall–Kier alpha value is -1.29. The van der Waals surface area contributed by atoms with Crippen LogP contribution in [0.2, 0.25) is 0 Å². The minimum absolute atomic E-state index is 0.0332. The number of hydrogen-bond acceptors (Lipinski definition) is 9. The number of carbonyl (C=O) groups is 2. The number of phosphoric ester groups is 1. The average Bonchev–Trinajstić information content (AvgIpc) is 3.86. The third kappa shape index (κ3) is 32.6. The van der Waals surface area contributed by atoms with Crippen molar-refractivity contribution in [1.82, 2.24) is 0 Å². The molecule has 1 aliphatic heterocycles. The summed E-state index contributed by atoms with van der Waals surface area (Å²) in [7, 11) is 1.16. The summed E-state index contributed by atoms with van der Waals surface area (Å²) in [5.41, 5.74) is 0. The van der Waals surface area contributed by atoms with Gasteiger partial charge in [0.2, 0.25) is 0 Å². The lowest BCUT2D eigenvalue weighted by Gasteiger charge is -2.28. The van der Waals surface area contributed by atoms with Crippen molar-refractivity contribution in [3.8, 4) is 0 Å². The Balaban J connectivity index is 2.29. The third-order valence-electron chi connectivity index (χ3n) is 9.71. The molecule has 0 spiro atoms. The number of phosphoric acid groups is 1. The molecule has 1 aliphatic rings. The number of nitrogens with zero attached hydrogens (tertiary/aromatic N) is 1. The molecular weight excluding hydrogens is 693 g/mol. The summed E-state index contributed by atoms with van der Waals surface area (Å²) in [4.78, 5) is 37.5. The van der Waals surface area contributed by atoms with E-state index < -0.39 is 32.5 Å². The van der Waals surface area contributed by atoms with Crippen LogP contribution in [0.4, 0.5) is 0 Å². The topological polar surface area (TPSA) is 124 Å². The molecule has 0 aromatic carbocycles. The first kappa shape index (κ1) is 49.7. The number of esters is 2. The lowest BCUT2D eigenvalue weighted by atomic mass is 10.0. The van der Waals surface area contributed by atoms with Gasteiger partial charge in [0.25, 0.3) is 7.82 Å². The minimum atomic E-state index is -4.62. The normalized spacial score (nSPS) is 17.5. The van der Waals surface area contributed by atoms with E-state index in [1.807, 2.05) is 21.1 Å². The molecule has 312 valence electrons. The van der Waals surface area contributed by atoms with Crippen LogP contribution >= 0.6 is 7.82 Å². The average molecular weight is 774 g/mol. The van der Waals surface area contributed by atoms with Crippen molar-refractivity contribution in [3.63, 3.8) is 0 Å². The minimum Gasteiger partial charge on any atom is -0.756 e. The molecule has 0 aromatic heterocycles. The Labute approximate surface area is 324 Å². The highest BCUT2D eigenvalue weighted by Crippen LogP contribution is 2.38. The van der Waals surface area contributed by atoms with Gasteiger partial charge in [-0.05, 0) is 38.5 Å². The maximum Gasteiger partial charge on any atom is 0.306 e. The Kier molecular flexibility index (Phi) is 29.9. The summed E-state index contributed by atoms with van der Waals surface area (Å²) in [6, 6.07) is 0. The van der Waals surface area contributed by atoms with Crippen LogP contribution in [-0.2, 0) is 37.4 Å². The van der Waals surface area contributed by atoms with Crippen LogP contribution in [-0.4, -0.2) is 82.2 Å². The van der Waals surface area contributed by atoms with Crippen LogP contribution in [0.1, 0.15) is 181 Å². The number of hydrogen-bond donors (Lipinski definition) is 0. The summed E-state index contributed by atoms with van der Waals surface area (Å²) in [5.74, 6) is -0.852. The van der Waals surface area contributed by atoms with E-state index in [4.69, 9.17) is 23.3 Å². The second kappa shape index (κ2) is 31.9. The quantitative estimate of drug-likeness (QED) is 0.0151. The van der Waals surface area contributed by atoms with Crippen LogP contribution in [0.5, 0.6) is 0 Å². The molecule has 1 fully saturated rings. The summed E-state index contributed by atoms with van der Waals surface area (Å²) in [5, 5.41) is 0. The van der Waals surface area contributed by atoms with E-state index in [1.54, 1.807) is 0 Å². The molecule has 1 saturated heterocycles. The second-order valence-electron chi connectivity index (χ2n) is 16.1. The van der Waals surface area contributed by atoms with Gasteiger partial charge in [-0.3, -0.25) is 14.2 Å². The Morgan fingerprint density at radius 1 is 0.679 bits per heavy atom. The van der Waals surface area contributed by atoms with Gasteiger partial charge in [0.05, 0.1) is 40.0 Å². The number of allylic oxidation sites excluding steroid dienone is 1. The van der Waals surface area contributed by atoms with Gasteiger partial charge >= 0.3 is 11.9 Å². The first-order valence-electron chi connectivity index (χ1n) is 21.5. The molecule has 0 amide bonds. The fourth-order valence-electron chi connectivity index (χ4n) is 6.19. The van der Waals surface area contributed by atoms with E-state index in [1.165, 1.54) is 83.5 Å². The zero-order chi connectivity index (χ0) is 39.0. The van der Waals surface area contributed by atoms with Crippen molar-refractivity contribution in [2.75, 3.05) is 47.5 Å². The van der Waals surface area contributed by atoms with Crippen LogP contribution in [0.25, 0.3) is 0 Å². The fourth-order valence-corrected chi connectivity index (χ4v) is 6.92. The highest BCUT2D eigenvalue weighted by atomic mass is 31.2. The van der Waals surface area contributed by atoms with E-state index in [-0.39, 0.29) is 26.1 Å². The van der Waals surface area contributed by atoms with Crippen LogP contribution in [0.15, 0.2) is 12.2 Å². The molecule has 0 radical (unpaired) electrons. The van der Waals surface area contributed by atoms with Gasteiger partial charge < -0.3 is 32.6 Å². The number of ether oxygens (including phenoxy) is 3. The lowest BCUT2D eigenvalue weighted by molar-refractivity contribution is -0.870. The first-order valence-corrected chi connectivity index (χ1v) is 23.0. The predicted octanol–water partition coefficient (Wildman–Crippen LogP) is 10.2. The molecular formula is C42H80NO9P. The van der Waals surface area contributed by atoms with Crippen LogP contribution < -0.4 is 4.89 Å². The molecule has 0 aliphatic carbocycles. The van der Waals surface area contributed by atoms with Crippen LogP contribution in [0, 0.1) is 0 Å². The maximum atomic E-state index is 12.6. The molecule has 11 heteroatoms. The fraction of sp³-hybridized carbons (Fsp3) is 0.905. The van der Waals surface area contributed by atoms with E-state index in [9.17, 15) is 19.0 Å². The van der Waals surface area contributed by atoms with Gasteiger partial charge in [0, 0.05) is 12.8 Å². The molecule has 1 heterocycles. The van der Waals surface area contributed by atoms with Gasteiger partial charge in [-0.15, -0.1) is 0 Å². The second-order valence-corrected chi connectivity index (χ2v) is 17.5. The van der Waals surface area contributed by atoms with E-state index >= 15 is 0 Å². The van der Waals surface area contributed by atoms with Gasteiger partial charge in [0.15, 0.2) is 6.10 Å². The SMILES string of the molecule is CCCCC/C=C\CC1OC1CCCCCCCC(=O)OC[C@H](COP(=O)([O-])OCC[N+](C)(C)C)OC(=O)CCCCCCCCCCCCCCC. The van der Waals surface area contributed by atoms with Gasteiger partial charge in [-0.2, -0.15) is 0 Å². The highest BCUT2D eigenvalue weighted by Gasteiger charge is 2.36. The number of unbranched alkanes of at least 4 members (excludes halogenated alkanes) is 19. The van der Waals surface area contributed by atoms with Gasteiger partial charge in [-0.25, -0.2) is 0 Å². The molecule has 0 N–H and O–H groups in total. The number of rotatable bonds is 38. The highest BCUT2D eigenvalue weighted by molar-refractivity contribution is 7.45. The summed E-state index contributed by atoms with van der Waals surface area (Å²) in [6.45, 7) is 4.17. The zero-order valence-electron chi connectivity index (χ0n) is 34.7. The third-order valence-corrected chi connectivity index (χ3v) is 10.7. The zero-order valence-corrected chi connectivity index (χ0v) is 35.6. The molecule has 0 aromatic rings. The summed E-state index contributed by atoms with van der Waals surface area (Å²) >= 11 is 0. The predicted molar refractivity (Wildman–Crippen MR) is 212 cm³/mol. The number of quaternary nitrogens is 1. The Morgan fingerprint density at radius 2 is 1.21 bits per heavy atom. The van der Waals surface area contributed by atoms with Crippen molar-refractivity contribution in [2.24, 2.45) is 0 Å². The largest absolute Gasteiger partial charge is 0.756 e. The van der Waals surface area contributed by atoms with E-state index in [0.29, 0.717) is 36.1 Å². The number of carbonyl (C=O) groups excluding carboxylic acids is 2. The Bertz CT molecular complexity index is 986. The maximum absolute atomic E-state index is 12.6. The Morgan fingerprint density at radius 3 is 1.79 bits per heavy atom. The molecule has 53 heavy (non-hydrogen) atoms. The summed E-state index contributed by atoms with van der Waals surface area (Å²) in [6.07, 6.45) is 32.5. The molecule has 0 bridgehead atoms. The van der Waals surface area contributed by atoms with Crippen molar-refractivity contribution >= 4 is 19.8 Å². The van der Waals surface area contributed by atoms with Crippen molar-refractivity contribution in [3.05, 3.63) is 12.2 Å². The van der Waals surface area contributed by atoms with Gasteiger partial charge in [0.1, 0.15) is 19.8 Å². The first-order chi connectivity index (χ1) is 25.5. The van der Waals surface area contributed by atoms with E-state index in [2.05, 4.69) is 26.0 Å². The molecule has 1 rings (SSSR count). The number of likely N-dealkylation sites (N-methyl/N-ethyl adjacent to an activating group) is 1. The monoisotopic (exact) mass is 774 g/mol. The smallest absolute Gasteiger partial charge is 0.306 e. The van der Waals surface area contributed by atoms with Crippen molar-refractivity contribution in [2.45, 2.75) is 199 Å². The number of epoxide rings is 1. The molecule has 10 nitrogen and oxygen atoms in total. The van der Waals surface area contributed by atoms with Crippen LogP contribution in [0.3, 0.4) is 0 Å². The lowest BCUT2D eigenvalue weighted by Crippen LogP contribution is -2.37. The molecule has 0 saturated carbocycles.